The molecule has 0 unspecified atom stereocenters. The van der Waals surface area contributed by atoms with Crippen LogP contribution in [0.5, 0.6) is 0 Å². The number of esters is 1. The number of hydrogen-bond donors (Lipinski definition) is 1. The lowest BCUT2D eigenvalue weighted by Gasteiger charge is -2.16. The smallest absolute Gasteiger partial charge is 0.308 e. The Morgan fingerprint density at radius 2 is 2.18 bits per heavy atom. The van der Waals surface area contributed by atoms with Crippen molar-refractivity contribution in [2.24, 2.45) is 5.92 Å². The molecule has 0 saturated heterocycles. The van der Waals surface area contributed by atoms with Gasteiger partial charge in [-0.2, -0.15) is 5.26 Å². The lowest BCUT2D eigenvalue weighted by molar-refractivity contribution is -0.147. The first kappa shape index (κ1) is 18.0. The molecule has 22 heavy (non-hydrogen) atoms. The summed E-state index contributed by atoms with van der Waals surface area (Å²) in [5.41, 5.74) is 2.77. The van der Waals surface area contributed by atoms with E-state index >= 15 is 0 Å². The normalized spacial score (nSPS) is 19.6. The highest BCUT2D eigenvalue weighted by molar-refractivity contribution is 5.73. The fourth-order valence-electron chi connectivity index (χ4n) is 2.70. The van der Waals surface area contributed by atoms with Crippen molar-refractivity contribution in [3.63, 3.8) is 0 Å². The average molecular weight is 304 g/mol. The molecule has 0 aliphatic heterocycles. The Morgan fingerprint density at radius 1 is 1.45 bits per heavy atom. The number of aryl methyl sites for hydroxylation is 1. The molecule has 1 aliphatic carbocycles. The second-order valence-electron chi connectivity index (χ2n) is 5.24. The van der Waals surface area contributed by atoms with E-state index in [1.807, 2.05) is 45.9 Å². The minimum Gasteiger partial charge on any atom is -0.466 e. The lowest BCUT2D eigenvalue weighted by atomic mass is 10.1. The van der Waals surface area contributed by atoms with E-state index < -0.39 is 0 Å². The molecule has 0 amide bonds. The van der Waals surface area contributed by atoms with Crippen molar-refractivity contribution in [1.82, 2.24) is 0 Å². The van der Waals surface area contributed by atoms with E-state index in [-0.39, 0.29) is 13.3 Å². The summed E-state index contributed by atoms with van der Waals surface area (Å²) in [6, 6.07) is 8.06. The van der Waals surface area contributed by atoms with Crippen molar-refractivity contribution >= 4 is 11.7 Å². The summed E-state index contributed by atoms with van der Waals surface area (Å²) in [4.78, 5) is 11.7. The quantitative estimate of drug-likeness (QED) is 0.843. The van der Waals surface area contributed by atoms with E-state index in [9.17, 15) is 4.79 Å². The summed E-state index contributed by atoms with van der Waals surface area (Å²) in [6.45, 7) is 8.27. The van der Waals surface area contributed by atoms with Crippen LogP contribution in [0.1, 0.15) is 52.6 Å². The van der Waals surface area contributed by atoms with Crippen LogP contribution < -0.4 is 5.32 Å². The van der Waals surface area contributed by atoms with Crippen LogP contribution in [-0.2, 0) is 9.53 Å². The van der Waals surface area contributed by atoms with Gasteiger partial charge in [0.15, 0.2) is 0 Å². The molecule has 2 rings (SSSR count). The first-order valence-electron chi connectivity index (χ1n) is 8.08. The van der Waals surface area contributed by atoms with E-state index in [2.05, 4.69) is 11.4 Å². The fourth-order valence-corrected chi connectivity index (χ4v) is 2.70. The van der Waals surface area contributed by atoms with Crippen molar-refractivity contribution in [3.05, 3.63) is 29.3 Å². The third kappa shape index (κ3) is 4.77. The molecule has 0 radical (unpaired) electrons. The van der Waals surface area contributed by atoms with Gasteiger partial charge in [0.2, 0.25) is 0 Å². The summed E-state index contributed by atoms with van der Waals surface area (Å²) in [6.07, 6.45) is 2.67. The van der Waals surface area contributed by atoms with Gasteiger partial charge in [0, 0.05) is 13.2 Å². The van der Waals surface area contributed by atoms with E-state index in [1.165, 1.54) is 0 Å². The van der Waals surface area contributed by atoms with Crippen LogP contribution >= 0.6 is 0 Å². The molecular weight excluding hydrogens is 276 g/mol. The Labute approximate surface area is 135 Å². The molecule has 2 atom stereocenters. The van der Waals surface area contributed by atoms with Gasteiger partial charge in [-0.1, -0.05) is 13.8 Å². The number of benzene rings is 1. The first-order valence-corrected chi connectivity index (χ1v) is 8.08. The largest absolute Gasteiger partial charge is 0.466 e. The topological polar surface area (TPSA) is 62.1 Å². The van der Waals surface area contributed by atoms with Crippen molar-refractivity contribution in [2.75, 3.05) is 11.9 Å². The molecule has 122 valence electrons. The third-order valence-electron chi connectivity index (χ3n) is 3.77. The minimum absolute atomic E-state index is 0. The van der Waals surface area contributed by atoms with E-state index in [1.54, 1.807) is 0 Å². The highest BCUT2D eigenvalue weighted by Gasteiger charge is 2.30. The maximum atomic E-state index is 11.7. The van der Waals surface area contributed by atoms with Crippen LogP contribution in [0.2, 0.25) is 0 Å². The number of nitrogens with one attached hydrogen (secondary N) is 1. The van der Waals surface area contributed by atoms with Crippen LogP contribution in [0, 0.1) is 24.2 Å². The molecule has 0 aromatic heterocycles. The monoisotopic (exact) mass is 304 g/mol. The molecular formula is C18H28N2O2. The molecule has 1 N–H and O–H groups in total. The summed E-state index contributed by atoms with van der Waals surface area (Å²) in [7, 11) is 0. The number of hydrogen-bond acceptors (Lipinski definition) is 4. The van der Waals surface area contributed by atoms with E-state index in [0.717, 1.165) is 30.5 Å². The molecule has 1 aliphatic rings. The lowest BCUT2D eigenvalue weighted by Crippen LogP contribution is -2.20. The molecule has 4 heteroatoms. The minimum atomic E-state index is -0.0756. The molecule has 1 fully saturated rings. The fraction of sp³-hybridized carbons (Fsp3) is 0.556. The van der Waals surface area contributed by atoms with Crippen LogP contribution in [0.4, 0.5) is 5.69 Å². The number of nitriles is 1. The van der Waals surface area contributed by atoms with Crippen molar-refractivity contribution in [1.29, 1.82) is 5.26 Å². The van der Waals surface area contributed by atoms with Gasteiger partial charge in [0.05, 0.1) is 24.2 Å². The van der Waals surface area contributed by atoms with Crippen molar-refractivity contribution < 1.29 is 11.0 Å². The predicted molar refractivity (Wildman–Crippen MR) is 90.7 cm³/mol. The molecule has 1 aromatic carbocycles. The maximum Gasteiger partial charge on any atom is 0.308 e. The van der Waals surface area contributed by atoms with E-state index in [0.29, 0.717) is 18.2 Å². The van der Waals surface area contributed by atoms with Crippen molar-refractivity contribution in [2.45, 2.75) is 53.0 Å². The summed E-state index contributed by atoms with van der Waals surface area (Å²) in [5, 5.41) is 12.3. The van der Waals surface area contributed by atoms with Gasteiger partial charge in [0.1, 0.15) is 0 Å². The Balaban J connectivity index is 0.00000155. The van der Waals surface area contributed by atoms with Crippen LogP contribution in [-0.4, -0.2) is 18.6 Å². The van der Waals surface area contributed by atoms with Crippen LogP contribution in [0.15, 0.2) is 18.2 Å². The van der Waals surface area contributed by atoms with Gasteiger partial charge in [-0.15, -0.1) is 0 Å². The number of carbonyl (C=O) groups excluding carboxylic acids is 1. The van der Waals surface area contributed by atoms with Gasteiger partial charge in [0.25, 0.3) is 0 Å². The molecule has 0 spiro atoms. The number of ether oxygens (including phenoxy) is 1. The van der Waals surface area contributed by atoms with Gasteiger partial charge >= 0.3 is 5.97 Å². The summed E-state index contributed by atoms with van der Waals surface area (Å²) < 4.78 is 5.08. The molecule has 0 bridgehead atoms. The Kier molecular flexibility index (Phi) is 7.45. The highest BCUT2D eigenvalue weighted by Crippen LogP contribution is 2.30. The predicted octanol–water partition coefficient (Wildman–Crippen LogP) is 4.28. The van der Waals surface area contributed by atoms with Gasteiger partial charge < -0.3 is 10.1 Å². The molecule has 4 nitrogen and oxygen atoms in total. The van der Waals surface area contributed by atoms with Gasteiger partial charge in [-0.05, 0) is 56.9 Å². The van der Waals surface area contributed by atoms with Crippen LogP contribution in [0.25, 0.3) is 0 Å². The molecule has 1 saturated carbocycles. The second-order valence-corrected chi connectivity index (χ2v) is 5.24. The summed E-state index contributed by atoms with van der Waals surface area (Å²) >= 11 is 0. The molecule has 1 aromatic rings. The SMILES string of the molecule is CC.CCOC(=O)[C@@H]1CC[C@H](Nc2ccc(C#N)cc2C)C1.[HH]. The van der Waals surface area contributed by atoms with E-state index in [4.69, 9.17) is 10.00 Å². The average Bonchev–Trinajstić information content (AvgIpc) is 3.00. The maximum absolute atomic E-state index is 11.7. The van der Waals surface area contributed by atoms with Gasteiger partial charge in [-0.25, -0.2) is 0 Å². The zero-order valence-electron chi connectivity index (χ0n) is 14.0. The number of anilines is 1. The van der Waals surface area contributed by atoms with Gasteiger partial charge in [-0.3, -0.25) is 4.79 Å². The number of rotatable bonds is 4. The Morgan fingerprint density at radius 3 is 2.77 bits per heavy atom. The molecule has 0 heterocycles. The number of carbonyl (C=O) groups is 1. The second kappa shape index (κ2) is 9.09. The Hall–Kier alpha value is -2.02. The van der Waals surface area contributed by atoms with Crippen molar-refractivity contribution in [3.8, 4) is 6.07 Å². The zero-order valence-corrected chi connectivity index (χ0v) is 14.0. The zero-order chi connectivity index (χ0) is 16.5. The third-order valence-corrected chi connectivity index (χ3v) is 3.77. The van der Waals surface area contributed by atoms with Crippen LogP contribution in [0.3, 0.4) is 0 Å². The number of nitrogens with zero attached hydrogens (tertiary/aromatic N) is 1. The first-order chi connectivity index (χ1) is 10.6. The summed E-state index contributed by atoms with van der Waals surface area (Å²) in [5.74, 6) is -0.0560. The highest BCUT2D eigenvalue weighted by atomic mass is 16.5. The standard InChI is InChI=1S/C16H20N2O2.C2H6.H2/c1-3-20-16(19)13-5-6-14(9-13)18-15-7-4-12(10-17)8-11(15)2;1-2;/h4,7-8,13-14,18H,3,5-6,9H2,1-2H3;1-2H3;1H/t13-,14+;;/m1../s1. The Bertz CT molecular complexity index is 540.